The Hall–Kier alpha value is -2.62. The second-order valence-electron chi connectivity index (χ2n) is 7.21. The van der Waals surface area contributed by atoms with Crippen molar-refractivity contribution in [3.63, 3.8) is 0 Å². The van der Waals surface area contributed by atoms with Gasteiger partial charge in [-0.3, -0.25) is 9.59 Å². The molecular formula is C22H24N2O2. The Labute approximate surface area is 154 Å². The lowest BCUT2D eigenvalue weighted by Gasteiger charge is -2.32. The molecule has 0 radical (unpaired) electrons. The van der Waals surface area contributed by atoms with Crippen LogP contribution in [0.4, 0.5) is 0 Å². The molecule has 134 valence electrons. The molecular weight excluding hydrogens is 324 g/mol. The van der Waals surface area contributed by atoms with E-state index in [1.807, 2.05) is 77.4 Å². The summed E-state index contributed by atoms with van der Waals surface area (Å²) >= 11 is 0. The van der Waals surface area contributed by atoms with Crippen LogP contribution in [0.25, 0.3) is 0 Å². The van der Waals surface area contributed by atoms with Crippen LogP contribution < -0.4 is 0 Å². The van der Waals surface area contributed by atoms with E-state index in [0.717, 1.165) is 25.7 Å². The third-order valence-corrected chi connectivity index (χ3v) is 5.72. The molecule has 1 aliphatic carbocycles. The van der Waals surface area contributed by atoms with Crippen molar-refractivity contribution in [3.8, 4) is 0 Å². The van der Waals surface area contributed by atoms with Gasteiger partial charge < -0.3 is 9.80 Å². The van der Waals surface area contributed by atoms with E-state index in [-0.39, 0.29) is 30.1 Å². The number of amides is 2. The zero-order valence-electron chi connectivity index (χ0n) is 15.0. The van der Waals surface area contributed by atoms with Crippen LogP contribution in [0.5, 0.6) is 0 Å². The molecule has 4 rings (SSSR count). The fraction of sp³-hybridized carbons (Fsp3) is 0.364. The summed E-state index contributed by atoms with van der Waals surface area (Å²) in [4.78, 5) is 30.3. The summed E-state index contributed by atoms with van der Waals surface area (Å²) in [6.07, 6.45) is 3.92. The van der Waals surface area contributed by atoms with Crippen LogP contribution in [-0.2, 0) is 0 Å². The number of hydrogen-bond acceptors (Lipinski definition) is 2. The van der Waals surface area contributed by atoms with Gasteiger partial charge in [-0.1, -0.05) is 49.2 Å². The van der Waals surface area contributed by atoms with Gasteiger partial charge in [0.25, 0.3) is 11.8 Å². The normalized spacial score (nSPS) is 23.0. The summed E-state index contributed by atoms with van der Waals surface area (Å²) in [6, 6.07) is 19.0. The highest BCUT2D eigenvalue weighted by Crippen LogP contribution is 2.38. The van der Waals surface area contributed by atoms with E-state index < -0.39 is 0 Å². The average Bonchev–Trinajstić information content (AvgIpc) is 3.00. The number of hydrogen-bond donors (Lipinski definition) is 0. The third kappa shape index (κ3) is 2.79. The lowest BCUT2D eigenvalue weighted by Crippen LogP contribution is -2.44. The maximum absolute atomic E-state index is 13.2. The smallest absolute Gasteiger partial charge is 0.255 e. The molecule has 0 aromatic heterocycles. The summed E-state index contributed by atoms with van der Waals surface area (Å²) in [7, 11) is 0. The van der Waals surface area contributed by atoms with Gasteiger partial charge in [0.2, 0.25) is 0 Å². The van der Waals surface area contributed by atoms with Crippen LogP contribution in [0.1, 0.15) is 53.3 Å². The van der Waals surface area contributed by atoms with E-state index in [4.69, 9.17) is 0 Å². The number of carbonyl (C=O) groups excluding carboxylic acids is 2. The van der Waals surface area contributed by atoms with Crippen molar-refractivity contribution in [1.29, 1.82) is 0 Å². The van der Waals surface area contributed by atoms with Crippen molar-refractivity contribution >= 4 is 11.8 Å². The highest BCUT2D eigenvalue weighted by atomic mass is 16.2. The van der Waals surface area contributed by atoms with Crippen LogP contribution >= 0.6 is 0 Å². The van der Waals surface area contributed by atoms with Crippen LogP contribution in [0.15, 0.2) is 60.7 Å². The average molecular weight is 348 g/mol. The van der Waals surface area contributed by atoms with E-state index in [2.05, 4.69) is 0 Å². The topological polar surface area (TPSA) is 40.6 Å². The minimum atomic E-state index is -0.233. The fourth-order valence-electron chi connectivity index (χ4n) is 4.53. The zero-order chi connectivity index (χ0) is 18.1. The van der Waals surface area contributed by atoms with Crippen LogP contribution in [0, 0.1) is 0 Å². The number of fused-ring (bicyclic) bond motifs is 1. The molecule has 0 spiro atoms. The van der Waals surface area contributed by atoms with E-state index >= 15 is 0 Å². The van der Waals surface area contributed by atoms with Gasteiger partial charge in [0.05, 0.1) is 12.1 Å². The van der Waals surface area contributed by atoms with E-state index in [0.29, 0.717) is 11.1 Å². The van der Waals surface area contributed by atoms with Crippen molar-refractivity contribution in [1.82, 2.24) is 9.80 Å². The maximum atomic E-state index is 13.2. The minimum absolute atomic E-state index is 0.0263. The Balaban J connectivity index is 1.68. The lowest BCUT2D eigenvalue weighted by atomic mass is 9.89. The van der Waals surface area contributed by atoms with Gasteiger partial charge in [0.15, 0.2) is 0 Å². The van der Waals surface area contributed by atoms with Gasteiger partial charge in [-0.2, -0.15) is 0 Å². The summed E-state index contributed by atoms with van der Waals surface area (Å²) in [5, 5.41) is 0. The Bertz CT molecular complexity index is 723. The van der Waals surface area contributed by atoms with Crippen LogP contribution in [0.2, 0.25) is 0 Å². The van der Waals surface area contributed by atoms with Gasteiger partial charge >= 0.3 is 0 Å². The molecule has 2 aromatic carbocycles. The van der Waals surface area contributed by atoms with Crippen molar-refractivity contribution < 1.29 is 9.59 Å². The second-order valence-corrected chi connectivity index (χ2v) is 7.21. The molecule has 1 saturated carbocycles. The number of rotatable bonds is 2. The first kappa shape index (κ1) is 16.8. The molecule has 0 bridgehead atoms. The number of benzene rings is 2. The quantitative estimate of drug-likeness (QED) is 0.825. The monoisotopic (exact) mass is 348 g/mol. The first-order valence-electron chi connectivity index (χ1n) is 9.44. The molecule has 1 heterocycles. The Kier molecular flexibility index (Phi) is 4.49. The lowest BCUT2D eigenvalue weighted by molar-refractivity contribution is 0.0532. The van der Waals surface area contributed by atoms with E-state index in [1.54, 1.807) is 0 Å². The van der Waals surface area contributed by atoms with Crippen LogP contribution in [-0.4, -0.2) is 39.9 Å². The van der Waals surface area contributed by atoms with Gasteiger partial charge in [0, 0.05) is 11.1 Å². The number of carbonyl (C=O) groups is 2. The highest BCUT2D eigenvalue weighted by Gasteiger charge is 2.49. The molecule has 2 aliphatic rings. The van der Waals surface area contributed by atoms with E-state index in [9.17, 15) is 9.59 Å². The second kappa shape index (κ2) is 6.94. The largest absolute Gasteiger partial charge is 0.313 e. The predicted molar refractivity (Wildman–Crippen MR) is 101 cm³/mol. The first-order valence-corrected chi connectivity index (χ1v) is 9.44. The molecule has 4 heteroatoms. The molecule has 4 nitrogen and oxygen atoms in total. The fourth-order valence-corrected chi connectivity index (χ4v) is 4.53. The predicted octanol–water partition coefficient (Wildman–Crippen LogP) is 3.94. The highest BCUT2D eigenvalue weighted by molar-refractivity contribution is 5.98. The van der Waals surface area contributed by atoms with Crippen molar-refractivity contribution in [2.45, 2.75) is 50.9 Å². The molecule has 2 atom stereocenters. The van der Waals surface area contributed by atoms with Gasteiger partial charge in [0.1, 0.15) is 6.17 Å². The molecule has 1 aliphatic heterocycles. The summed E-state index contributed by atoms with van der Waals surface area (Å²) < 4.78 is 0. The summed E-state index contributed by atoms with van der Waals surface area (Å²) in [5.74, 6) is 0.0525. The van der Waals surface area contributed by atoms with Crippen molar-refractivity contribution in [2.75, 3.05) is 0 Å². The van der Waals surface area contributed by atoms with Crippen LogP contribution in [0.3, 0.4) is 0 Å². The molecule has 0 N–H and O–H groups in total. The molecule has 2 amide bonds. The minimum Gasteiger partial charge on any atom is -0.313 e. The molecule has 26 heavy (non-hydrogen) atoms. The third-order valence-electron chi connectivity index (χ3n) is 5.72. The van der Waals surface area contributed by atoms with Gasteiger partial charge in [-0.25, -0.2) is 0 Å². The first-order chi connectivity index (χ1) is 12.7. The molecule has 2 fully saturated rings. The molecule has 2 aromatic rings. The van der Waals surface area contributed by atoms with Gasteiger partial charge in [-0.15, -0.1) is 0 Å². The van der Waals surface area contributed by atoms with Gasteiger partial charge in [-0.05, 0) is 44.0 Å². The SMILES string of the molecule is CC1N(C(=O)c2ccccc2)[C@@H]2CCCC[C@H]2N1C(=O)c1ccccc1. The molecule has 0 unspecified atom stereocenters. The number of nitrogens with zero attached hydrogens (tertiary/aromatic N) is 2. The van der Waals surface area contributed by atoms with E-state index in [1.165, 1.54) is 0 Å². The van der Waals surface area contributed by atoms with Crippen molar-refractivity contribution in [2.24, 2.45) is 0 Å². The standard InChI is InChI=1S/C22H24N2O2/c1-16-23(21(25)17-10-4-2-5-11-17)19-14-8-9-15-20(19)24(16)22(26)18-12-6-3-7-13-18/h2-7,10-13,16,19-20H,8-9,14-15H2,1H3/t19-,20-/m1/s1. The summed E-state index contributed by atoms with van der Waals surface area (Å²) in [6.45, 7) is 1.99. The summed E-state index contributed by atoms with van der Waals surface area (Å²) in [5.41, 5.74) is 1.38. The Morgan fingerprint density at radius 2 is 1.12 bits per heavy atom. The maximum Gasteiger partial charge on any atom is 0.255 e. The molecule has 1 saturated heterocycles. The van der Waals surface area contributed by atoms with Crippen molar-refractivity contribution in [3.05, 3.63) is 71.8 Å². The Morgan fingerprint density at radius 1 is 0.731 bits per heavy atom. The zero-order valence-corrected chi connectivity index (χ0v) is 15.0. The Morgan fingerprint density at radius 3 is 1.50 bits per heavy atom.